The Bertz CT molecular complexity index is 1440. The highest BCUT2D eigenvalue weighted by Crippen LogP contribution is 2.40. The monoisotopic (exact) mass is 417 g/mol. The second kappa shape index (κ2) is 7.65. The molecule has 0 saturated heterocycles. The lowest BCUT2D eigenvalue weighted by molar-refractivity contribution is 0.416. The van der Waals surface area contributed by atoms with Crippen LogP contribution in [0, 0.1) is 25.2 Å². The predicted octanol–water partition coefficient (Wildman–Crippen LogP) is 3.96. The normalized spacial score (nSPS) is 10.9. The van der Waals surface area contributed by atoms with Gasteiger partial charge in [-0.3, -0.25) is 14.3 Å². The fourth-order valence-electron chi connectivity index (χ4n) is 3.64. The quantitative estimate of drug-likeness (QED) is 0.544. The molecule has 0 aliphatic heterocycles. The number of rotatable bonds is 4. The Morgan fingerprint density at radius 1 is 1.17 bits per heavy atom. The summed E-state index contributed by atoms with van der Waals surface area (Å²) in [6.07, 6.45) is 0. The Labute approximate surface area is 176 Å². The highest BCUT2D eigenvalue weighted by Gasteiger charge is 2.21. The highest BCUT2D eigenvalue weighted by atomic mass is 32.1. The third-order valence-electron chi connectivity index (χ3n) is 5.03. The number of nitrogens with one attached hydrogen (secondary N) is 1. The molecule has 0 radical (unpaired) electrons. The minimum atomic E-state index is -0.473. The van der Waals surface area contributed by atoms with Crippen molar-refractivity contribution < 1.29 is 4.74 Å². The minimum absolute atomic E-state index is 0.0823. The largest absolute Gasteiger partial charge is 0.496 e. The average molecular weight is 417 g/mol. The second-order valence-electron chi connectivity index (χ2n) is 7.07. The van der Waals surface area contributed by atoms with Gasteiger partial charge in [-0.1, -0.05) is 23.8 Å². The molecular weight excluding hydrogens is 398 g/mol. The van der Waals surface area contributed by atoms with E-state index in [4.69, 9.17) is 10.00 Å². The molecule has 6 nitrogen and oxygen atoms in total. The number of nitrogens with zero attached hydrogens (tertiary/aromatic N) is 2. The molecule has 2 heterocycles. The molecular formula is C23H19N3O3S. The predicted molar refractivity (Wildman–Crippen MR) is 118 cm³/mol. The van der Waals surface area contributed by atoms with Crippen molar-refractivity contribution in [1.82, 2.24) is 9.55 Å². The van der Waals surface area contributed by atoms with Gasteiger partial charge in [0.05, 0.1) is 30.7 Å². The van der Waals surface area contributed by atoms with Crippen LogP contribution in [0.2, 0.25) is 0 Å². The molecule has 1 N–H and O–H groups in total. The number of benzene rings is 2. The second-order valence-corrected chi connectivity index (χ2v) is 8.30. The number of H-pyrrole nitrogens is 1. The number of aryl methyl sites for hydroxylation is 2. The van der Waals surface area contributed by atoms with Crippen LogP contribution >= 0.6 is 11.3 Å². The Morgan fingerprint density at radius 2 is 1.97 bits per heavy atom. The maximum Gasteiger partial charge on any atom is 0.329 e. The van der Waals surface area contributed by atoms with E-state index in [0.29, 0.717) is 27.1 Å². The van der Waals surface area contributed by atoms with Crippen LogP contribution in [0.4, 0.5) is 0 Å². The average Bonchev–Trinajstić information content (AvgIpc) is 3.06. The van der Waals surface area contributed by atoms with Crippen LogP contribution in [-0.4, -0.2) is 16.7 Å². The molecule has 0 spiro atoms. The van der Waals surface area contributed by atoms with Gasteiger partial charge in [-0.25, -0.2) is 4.79 Å². The van der Waals surface area contributed by atoms with Crippen LogP contribution in [0.3, 0.4) is 0 Å². The van der Waals surface area contributed by atoms with E-state index < -0.39 is 5.69 Å². The molecule has 0 atom stereocenters. The zero-order chi connectivity index (χ0) is 21.4. The number of aromatic amines is 1. The SMILES string of the molecule is COc1ccc(C)cc1-c1c(C)sc2[nH]c(=O)n(Cc3cccc(C#N)c3)c(=O)c12. The van der Waals surface area contributed by atoms with E-state index in [9.17, 15) is 9.59 Å². The molecule has 0 aliphatic rings. The van der Waals surface area contributed by atoms with E-state index in [1.54, 1.807) is 31.4 Å². The summed E-state index contributed by atoms with van der Waals surface area (Å²) in [6, 6.07) is 14.8. The van der Waals surface area contributed by atoms with Gasteiger partial charge in [0.15, 0.2) is 0 Å². The van der Waals surface area contributed by atoms with Gasteiger partial charge in [0.1, 0.15) is 10.6 Å². The summed E-state index contributed by atoms with van der Waals surface area (Å²) < 4.78 is 6.71. The molecule has 0 bridgehead atoms. The van der Waals surface area contributed by atoms with E-state index in [0.717, 1.165) is 21.6 Å². The van der Waals surface area contributed by atoms with Crippen molar-refractivity contribution in [1.29, 1.82) is 5.26 Å². The summed E-state index contributed by atoms with van der Waals surface area (Å²) in [7, 11) is 1.60. The smallest absolute Gasteiger partial charge is 0.329 e. The number of hydrogen-bond donors (Lipinski definition) is 1. The first-order valence-corrected chi connectivity index (χ1v) is 10.1. The van der Waals surface area contributed by atoms with Gasteiger partial charge in [-0.15, -0.1) is 11.3 Å². The fraction of sp³-hybridized carbons (Fsp3) is 0.174. The van der Waals surface area contributed by atoms with E-state index in [-0.39, 0.29) is 12.1 Å². The lowest BCUT2D eigenvalue weighted by atomic mass is 10.0. The minimum Gasteiger partial charge on any atom is -0.496 e. The van der Waals surface area contributed by atoms with E-state index in [2.05, 4.69) is 11.1 Å². The lowest BCUT2D eigenvalue weighted by Crippen LogP contribution is -2.35. The van der Waals surface area contributed by atoms with Gasteiger partial charge in [0.25, 0.3) is 5.56 Å². The van der Waals surface area contributed by atoms with Gasteiger partial charge >= 0.3 is 5.69 Å². The highest BCUT2D eigenvalue weighted by molar-refractivity contribution is 7.19. The first-order chi connectivity index (χ1) is 14.4. The van der Waals surface area contributed by atoms with Crippen LogP contribution < -0.4 is 16.0 Å². The third kappa shape index (κ3) is 3.31. The third-order valence-corrected chi connectivity index (χ3v) is 6.05. The molecule has 4 rings (SSSR count). The molecule has 0 unspecified atom stereocenters. The molecule has 4 aromatic rings. The standard InChI is InChI=1S/C23H19N3O3S/c1-13-7-8-18(29-3)17(9-13)19-14(2)30-21-20(19)22(27)26(23(28)25-21)12-16-6-4-5-15(10-16)11-24/h4-10H,12H2,1-3H3,(H,25,28). The molecule has 0 amide bonds. The van der Waals surface area contributed by atoms with Crippen molar-refractivity contribution >= 4 is 21.6 Å². The van der Waals surface area contributed by atoms with Crippen LogP contribution in [0.5, 0.6) is 5.75 Å². The van der Waals surface area contributed by atoms with E-state index in [1.165, 1.54) is 15.9 Å². The van der Waals surface area contributed by atoms with Crippen LogP contribution in [0.1, 0.15) is 21.6 Å². The molecule has 2 aromatic carbocycles. The van der Waals surface area contributed by atoms with Crippen molar-refractivity contribution in [3.8, 4) is 22.9 Å². The molecule has 0 fully saturated rings. The van der Waals surface area contributed by atoms with Crippen molar-refractivity contribution in [2.24, 2.45) is 0 Å². The lowest BCUT2D eigenvalue weighted by Gasteiger charge is -2.11. The maximum absolute atomic E-state index is 13.4. The van der Waals surface area contributed by atoms with Crippen molar-refractivity contribution in [3.63, 3.8) is 0 Å². The van der Waals surface area contributed by atoms with Crippen LogP contribution in [0.25, 0.3) is 21.3 Å². The zero-order valence-electron chi connectivity index (χ0n) is 16.8. The van der Waals surface area contributed by atoms with Crippen molar-refractivity contribution in [2.45, 2.75) is 20.4 Å². The van der Waals surface area contributed by atoms with Gasteiger partial charge in [0.2, 0.25) is 0 Å². The number of hydrogen-bond acceptors (Lipinski definition) is 5. The van der Waals surface area contributed by atoms with E-state index in [1.807, 2.05) is 32.0 Å². The van der Waals surface area contributed by atoms with Crippen molar-refractivity contribution in [3.05, 3.63) is 84.9 Å². The molecule has 7 heteroatoms. The maximum atomic E-state index is 13.4. The van der Waals surface area contributed by atoms with E-state index >= 15 is 0 Å². The molecule has 150 valence electrons. The Balaban J connectivity index is 1.97. The number of ether oxygens (including phenoxy) is 1. The zero-order valence-corrected chi connectivity index (χ0v) is 17.6. The molecule has 0 aliphatic carbocycles. The number of methoxy groups -OCH3 is 1. The van der Waals surface area contributed by atoms with Gasteiger partial charge in [0, 0.05) is 16.0 Å². The molecule has 30 heavy (non-hydrogen) atoms. The van der Waals surface area contributed by atoms with Gasteiger partial charge < -0.3 is 4.74 Å². The molecule has 0 saturated carbocycles. The van der Waals surface area contributed by atoms with Gasteiger partial charge in [-0.05, 0) is 43.7 Å². The Morgan fingerprint density at radius 3 is 2.70 bits per heavy atom. The number of nitriles is 1. The molecule has 2 aromatic heterocycles. The summed E-state index contributed by atoms with van der Waals surface area (Å²) in [4.78, 5) is 30.4. The number of aromatic nitrogens is 2. The summed E-state index contributed by atoms with van der Waals surface area (Å²) in [5, 5.41) is 9.59. The summed E-state index contributed by atoms with van der Waals surface area (Å²) in [6.45, 7) is 3.99. The van der Waals surface area contributed by atoms with Gasteiger partial charge in [-0.2, -0.15) is 5.26 Å². The first kappa shape index (κ1) is 19.7. The number of fused-ring (bicyclic) bond motifs is 1. The Hall–Kier alpha value is -3.63. The Kier molecular flexibility index (Phi) is 5.02. The summed E-state index contributed by atoms with van der Waals surface area (Å²) >= 11 is 1.38. The first-order valence-electron chi connectivity index (χ1n) is 9.33. The summed E-state index contributed by atoms with van der Waals surface area (Å²) in [5.41, 5.74) is 3.00. The topological polar surface area (TPSA) is 87.9 Å². The summed E-state index contributed by atoms with van der Waals surface area (Å²) in [5.74, 6) is 0.669. The van der Waals surface area contributed by atoms with Crippen molar-refractivity contribution in [2.75, 3.05) is 7.11 Å². The fourth-order valence-corrected chi connectivity index (χ4v) is 4.69. The number of thiophene rings is 1. The van der Waals surface area contributed by atoms with Crippen LogP contribution in [0.15, 0.2) is 52.1 Å². The van der Waals surface area contributed by atoms with Crippen LogP contribution in [-0.2, 0) is 6.54 Å².